The molecule has 2 nitrogen and oxygen atoms in total. The van der Waals surface area contributed by atoms with E-state index in [1.165, 1.54) is 10.8 Å². The molecule has 0 aromatic heterocycles. The van der Waals surface area contributed by atoms with E-state index in [2.05, 4.69) is 49.0 Å². The van der Waals surface area contributed by atoms with Crippen LogP contribution in [-0.2, 0) is 21.7 Å². The van der Waals surface area contributed by atoms with Crippen LogP contribution in [0.4, 0.5) is 0 Å². The Bertz CT molecular complexity index is 721. The van der Waals surface area contributed by atoms with Crippen LogP contribution >= 0.6 is 0 Å². The summed E-state index contributed by atoms with van der Waals surface area (Å²) in [6, 6.07) is 23.2. The molecule has 0 heterocycles. The number of allylic oxidation sites excluding steroid dienone is 3. The predicted molar refractivity (Wildman–Crippen MR) is 118 cm³/mol. The monoisotopic (exact) mass is 409 g/mol. The van der Waals surface area contributed by atoms with Crippen LogP contribution in [0.5, 0.6) is 0 Å². The molecule has 0 bridgehead atoms. The largest absolute Gasteiger partial charge is 4.00 e. The third-order valence-electron chi connectivity index (χ3n) is 2.91. The van der Waals surface area contributed by atoms with Gasteiger partial charge in [-0.3, -0.25) is 0 Å². The summed E-state index contributed by atoms with van der Waals surface area (Å²) in [5, 5.41) is 2.66. The van der Waals surface area contributed by atoms with Gasteiger partial charge < -0.3 is 25.4 Å². The number of hydrogen-bond acceptors (Lipinski definition) is 1. The van der Waals surface area contributed by atoms with Gasteiger partial charge in [0.25, 0.3) is 0 Å². The second-order valence-corrected chi connectivity index (χ2v) is 4.61. The number of carbonyl (C=O) groups excluding carboxylic acids is 1. The summed E-state index contributed by atoms with van der Waals surface area (Å²) in [4.78, 5) is 10.3. The van der Waals surface area contributed by atoms with Gasteiger partial charge in [-0.1, -0.05) is 61.2 Å². The summed E-state index contributed by atoms with van der Waals surface area (Å²) in [6.45, 7) is 5.42. The number of rotatable bonds is 2. The van der Waals surface area contributed by atoms with Crippen molar-refractivity contribution in [1.82, 2.24) is 0 Å². The van der Waals surface area contributed by atoms with Gasteiger partial charge in [-0.05, 0) is 12.5 Å². The Hall–Kier alpha value is -2.07. The molecule has 0 aliphatic carbocycles. The molecule has 0 spiro atoms. The number of benzene rings is 2. The summed E-state index contributed by atoms with van der Waals surface area (Å²) in [7, 11) is 0. The molecule has 0 aliphatic rings. The smallest absolute Gasteiger partial charge is 0.664 e. The van der Waals surface area contributed by atoms with Gasteiger partial charge >= 0.3 is 21.7 Å². The van der Waals surface area contributed by atoms with E-state index in [0.29, 0.717) is 5.56 Å². The van der Waals surface area contributed by atoms with Crippen LogP contribution in [0.3, 0.4) is 0 Å². The molecular weight excluding hydrogens is 382 g/mol. The van der Waals surface area contributed by atoms with Crippen molar-refractivity contribution in [2.24, 2.45) is 0 Å². The molecule has 3 aromatic rings. The zero-order valence-corrected chi connectivity index (χ0v) is 18.8. The van der Waals surface area contributed by atoms with Crippen molar-refractivity contribution in [3.05, 3.63) is 124 Å². The van der Waals surface area contributed by atoms with E-state index in [1.54, 1.807) is 30.3 Å². The maximum absolute atomic E-state index is 10.3. The van der Waals surface area contributed by atoms with Gasteiger partial charge in [0.2, 0.25) is 0 Å². The van der Waals surface area contributed by atoms with E-state index in [4.69, 9.17) is 5.73 Å². The molecule has 1 amide bonds. The van der Waals surface area contributed by atoms with Crippen LogP contribution in [-0.4, -0.2) is 16.9 Å². The molecule has 0 saturated heterocycles. The van der Waals surface area contributed by atoms with Crippen molar-refractivity contribution in [2.75, 3.05) is 0 Å². The first kappa shape index (κ1) is 32.6. The number of nitrogens with one attached hydrogen (secondary N) is 1. The standard InChI is InChI=1S/C9H7.C7H7NO.C5H8.2CH3.Si.Ti/c1-2-5-9-7-3-6-8(9)4-1;8-7(9)6-4-2-1-3-5-6;1-3-5-4-2;;;;/h1-7H;1-5H,(H2,8,9);3-5H,1H2,2H3;2*1H3;;/q-1;;;2*-1;;+4/p-1. The number of hydrogen-bond donors (Lipinski definition) is 0. The molecule has 4 radical (unpaired) electrons. The fraction of sp³-hybridized carbons (Fsp3) is 0.0435. The maximum atomic E-state index is 10.3. The second-order valence-electron chi connectivity index (χ2n) is 4.61. The third kappa shape index (κ3) is 13.8. The molecule has 27 heavy (non-hydrogen) atoms. The van der Waals surface area contributed by atoms with Crippen molar-refractivity contribution in [1.29, 1.82) is 0 Å². The average Bonchev–Trinajstić information content (AvgIpc) is 3.06. The summed E-state index contributed by atoms with van der Waals surface area (Å²) in [5.41, 5.74) is 7.12. The molecule has 0 saturated carbocycles. The van der Waals surface area contributed by atoms with Gasteiger partial charge in [0, 0.05) is 11.0 Å². The predicted octanol–water partition coefficient (Wildman–Crippen LogP) is 6.70. The minimum atomic E-state index is -0.629. The topological polar surface area (TPSA) is 40.9 Å². The van der Waals surface area contributed by atoms with Crippen molar-refractivity contribution in [3.8, 4) is 0 Å². The van der Waals surface area contributed by atoms with Crippen molar-refractivity contribution in [2.45, 2.75) is 6.92 Å². The Labute approximate surface area is 184 Å². The van der Waals surface area contributed by atoms with Crippen LogP contribution in [0.25, 0.3) is 16.5 Å². The van der Waals surface area contributed by atoms with Gasteiger partial charge in [-0.15, -0.1) is 29.7 Å². The second kappa shape index (κ2) is 20.2. The van der Waals surface area contributed by atoms with Gasteiger partial charge in [0.05, 0.1) is 5.91 Å². The van der Waals surface area contributed by atoms with Crippen molar-refractivity contribution < 1.29 is 26.5 Å². The van der Waals surface area contributed by atoms with E-state index >= 15 is 0 Å². The van der Waals surface area contributed by atoms with E-state index in [1.807, 2.05) is 25.1 Å². The fourth-order valence-corrected chi connectivity index (χ4v) is 1.80. The first-order valence-corrected chi connectivity index (χ1v) is 7.34. The summed E-state index contributed by atoms with van der Waals surface area (Å²) in [5.74, 6) is -0.629. The van der Waals surface area contributed by atoms with E-state index < -0.39 is 5.91 Å². The summed E-state index contributed by atoms with van der Waals surface area (Å²) < 4.78 is 0. The number of fused-ring (bicyclic) bond motifs is 1. The zero-order chi connectivity index (χ0) is 16.9. The minimum absolute atomic E-state index is 0. The minimum Gasteiger partial charge on any atom is -0.664 e. The quantitative estimate of drug-likeness (QED) is 0.264. The van der Waals surface area contributed by atoms with Crippen LogP contribution in [0.2, 0.25) is 0 Å². The molecule has 0 aliphatic heterocycles. The van der Waals surface area contributed by atoms with Gasteiger partial charge in [-0.2, -0.15) is 17.5 Å². The first-order valence-electron chi connectivity index (χ1n) is 7.34. The Morgan fingerprint density at radius 3 is 1.96 bits per heavy atom. The molecule has 3 aromatic carbocycles. The molecule has 138 valence electrons. The van der Waals surface area contributed by atoms with Crippen LogP contribution in [0.15, 0.2) is 97.6 Å². The first-order chi connectivity index (χ1) is 11.2. The fourth-order valence-electron chi connectivity index (χ4n) is 1.80. The van der Waals surface area contributed by atoms with Crippen LogP contribution < -0.4 is 0 Å². The van der Waals surface area contributed by atoms with E-state index in [9.17, 15) is 4.79 Å². The Balaban J connectivity index is -0.000000142. The zero-order valence-electron chi connectivity index (χ0n) is 16.3. The molecule has 1 N–H and O–H groups in total. The Morgan fingerprint density at radius 1 is 1.00 bits per heavy atom. The third-order valence-corrected chi connectivity index (χ3v) is 2.91. The molecular formula is C23H27NOSiTi. The Kier molecular flexibility index (Phi) is 24.4. The van der Waals surface area contributed by atoms with Crippen molar-refractivity contribution in [3.63, 3.8) is 0 Å². The SMILES string of the molecule is C=CC=CC.[CH3-].[CH3-].[NH-]C(=O)c1ccccc1.[Si].[Ti+4].c1ccc2[cH-]ccc2c1. The van der Waals surface area contributed by atoms with Gasteiger partial charge in [0.1, 0.15) is 0 Å². The molecule has 0 fully saturated rings. The summed E-state index contributed by atoms with van der Waals surface area (Å²) in [6.07, 6.45) is 5.58. The van der Waals surface area contributed by atoms with E-state index in [-0.39, 0.29) is 47.5 Å². The number of amides is 1. The van der Waals surface area contributed by atoms with Crippen LogP contribution in [0, 0.1) is 14.9 Å². The molecule has 0 atom stereocenters. The number of carbonyl (C=O) groups is 1. The Morgan fingerprint density at radius 2 is 1.56 bits per heavy atom. The molecule has 0 unspecified atom stereocenters. The normalized spacial score (nSPS) is 8.04. The maximum Gasteiger partial charge on any atom is 4.00 e. The van der Waals surface area contributed by atoms with E-state index in [0.717, 1.165) is 0 Å². The average molecular weight is 409 g/mol. The van der Waals surface area contributed by atoms with Gasteiger partial charge in [0.15, 0.2) is 0 Å². The van der Waals surface area contributed by atoms with Crippen LogP contribution in [0.1, 0.15) is 17.3 Å². The molecule has 3 rings (SSSR count). The van der Waals surface area contributed by atoms with Gasteiger partial charge in [-0.25, -0.2) is 0 Å². The molecule has 4 heteroatoms. The summed E-state index contributed by atoms with van der Waals surface area (Å²) >= 11 is 0. The van der Waals surface area contributed by atoms with Crippen molar-refractivity contribution >= 4 is 27.6 Å².